The first-order valence-corrected chi connectivity index (χ1v) is 4.98. The zero-order valence-electron chi connectivity index (χ0n) is 9.70. The van der Waals surface area contributed by atoms with Crippen LogP contribution in [0.3, 0.4) is 0 Å². The third-order valence-electron chi connectivity index (χ3n) is 1.84. The van der Waals surface area contributed by atoms with Gasteiger partial charge in [-0.1, -0.05) is 18.2 Å². The Hall–Kier alpha value is -1.84. The molecule has 0 fully saturated rings. The predicted molar refractivity (Wildman–Crippen MR) is 62.6 cm³/mol. The topological polar surface area (TPSA) is 76.2 Å². The number of carbonyl (C=O) groups is 1. The molecular weight excluding hydrogens is 204 g/mol. The van der Waals surface area contributed by atoms with Crippen LogP contribution in [0.2, 0.25) is 0 Å². The Morgan fingerprint density at radius 3 is 2.19 bits per heavy atom. The number of esters is 1. The van der Waals surface area contributed by atoms with Crippen LogP contribution in [0.1, 0.15) is 36.7 Å². The molecule has 1 aromatic carbocycles. The van der Waals surface area contributed by atoms with Crippen molar-refractivity contribution in [2.45, 2.75) is 26.4 Å². The lowest BCUT2D eigenvalue weighted by molar-refractivity contribution is 0.00693. The van der Waals surface area contributed by atoms with Crippen molar-refractivity contribution in [1.29, 1.82) is 5.41 Å². The fraction of sp³-hybridized carbons (Fsp3) is 0.333. The summed E-state index contributed by atoms with van der Waals surface area (Å²) in [6.45, 7) is 5.38. The predicted octanol–water partition coefficient (Wildman–Crippen LogP) is 1.93. The van der Waals surface area contributed by atoms with E-state index < -0.39 is 11.6 Å². The van der Waals surface area contributed by atoms with Gasteiger partial charge in [0.15, 0.2) is 0 Å². The van der Waals surface area contributed by atoms with Crippen LogP contribution in [-0.2, 0) is 4.74 Å². The number of hydrogen-bond acceptors (Lipinski definition) is 3. The first-order chi connectivity index (χ1) is 7.31. The molecule has 0 radical (unpaired) electrons. The molecule has 4 nitrogen and oxygen atoms in total. The van der Waals surface area contributed by atoms with Gasteiger partial charge in [-0.05, 0) is 26.8 Å². The molecule has 0 aliphatic rings. The lowest BCUT2D eigenvalue weighted by Gasteiger charge is -2.20. The molecule has 0 saturated carbocycles. The maximum Gasteiger partial charge on any atom is 0.339 e. The molecular formula is C12H16N2O2. The van der Waals surface area contributed by atoms with Gasteiger partial charge in [0.1, 0.15) is 11.4 Å². The van der Waals surface area contributed by atoms with Crippen molar-refractivity contribution in [3.05, 3.63) is 35.4 Å². The van der Waals surface area contributed by atoms with E-state index in [-0.39, 0.29) is 5.84 Å². The summed E-state index contributed by atoms with van der Waals surface area (Å²) in [4.78, 5) is 11.8. The summed E-state index contributed by atoms with van der Waals surface area (Å²) in [6, 6.07) is 6.67. The summed E-state index contributed by atoms with van der Waals surface area (Å²) in [5, 5.41) is 7.37. The number of ether oxygens (including phenoxy) is 1. The molecule has 0 amide bonds. The van der Waals surface area contributed by atoms with Crippen molar-refractivity contribution < 1.29 is 9.53 Å². The first-order valence-electron chi connectivity index (χ1n) is 4.98. The molecule has 4 heteroatoms. The summed E-state index contributed by atoms with van der Waals surface area (Å²) < 4.78 is 5.22. The molecule has 1 aromatic rings. The van der Waals surface area contributed by atoms with E-state index >= 15 is 0 Å². The number of nitrogens with one attached hydrogen (secondary N) is 1. The molecule has 0 aliphatic heterocycles. The van der Waals surface area contributed by atoms with E-state index in [9.17, 15) is 4.79 Å². The molecule has 0 atom stereocenters. The average Bonchev–Trinajstić information content (AvgIpc) is 2.15. The second kappa shape index (κ2) is 4.35. The number of rotatable bonds is 2. The van der Waals surface area contributed by atoms with Crippen molar-refractivity contribution in [3.8, 4) is 0 Å². The molecule has 86 valence electrons. The molecule has 0 aromatic heterocycles. The van der Waals surface area contributed by atoms with Crippen LogP contribution in [0.15, 0.2) is 24.3 Å². The molecule has 0 spiro atoms. The zero-order chi connectivity index (χ0) is 12.3. The minimum absolute atomic E-state index is 0.138. The minimum atomic E-state index is -0.555. The number of nitrogens with two attached hydrogens (primary N) is 1. The molecule has 0 saturated heterocycles. The van der Waals surface area contributed by atoms with Crippen LogP contribution in [0.4, 0.5) is 0 Å². The molecule has 0 unspecified atom stereocenters. The van der Waals surface area contributed by atoms with Crippen LogP contribution in [0.5, 0.6) is 0 Å². The number of amidine groups is 1. The molecule has 1 rings (SSSR count). The van der Waals surface area contributed by atoms with Crippen molar-refractivity contribution >= 4 is 11.8 Å². The Labute approximate surface area is 94.9 Å². The van der Waals surface area contributed by atoms with Gasteiger partial charge >= 0.3 is 5.97 Å². The molecule has 0 heterocycles. The van der Waals surface area contributed by atoms with Gasteiger partial charge in [-0.3, -0.25) is 5.41 Å². The van der Waals surface area contributed by atoms with Crippen LogP contribution < -0.4 is 5.73 Å². The Bertz CT molecular complexity index is 419. The Kier molecular flexibility index (Phi) is 3.32. The summed E-state index contributed by atoms with van der Waals surface area (Å²) in [7, 11) is 0. The summed E-state index contributed by atoms with van der Waals surface area (Å²) in [6.07, 6.45) is 0. The largest absolute Gasteiger partial charge is 0.456 e. The van der Waals surface area contributed by atoms with Crippen molar-refractivity contribution in [1.82, 2.24) is 0 Å². The van der Waals surface area contributed by atoms with Gasteiger partial charge in [-0.25, -0.2) is 4.79 Å². The highest BCUT2D eigenvalue weighted by Crippen LogP contribution is 2.15. The number of carbonyl (C=O) groups excluding carboxylic acids is 1. The average molecular weight is 220 g/mol. The number of benzene rings is 1. The second-order valence-electron chi connectivity index (χ2n) is 4.46. The lowest BCUT2D eigenvalue weighted by Crippen LogP contribution is -2.26. The zero-order valence-corrected chi connectivity index (χ0v) is 9.70. The van der Waals surface area contributed by atoms with Gasteiger partial charge in [-0.15, -0.1) is 0 Å². The van der Waals surface area contributed by atoms with E-state index in [4.69, 9.17) is 15.9 Å². The monoisotopic (exact) mass is 220 g/mol. The van der Waals surface area contributed by atoms with E-state index in [1.165, 1.54) is 0 Å². The van der Waals surface area contributed by atoms with Crippen molar-refractivity contribution in [2.24, 2.45) is 5.73 Å². The van der Waals surface area contributed by atoms with Crippen molar-refractivity contribution in [3.63, 3.8) is 0 Å². The van der Waals surface area contributed by atoms with E-state index in [1.807, 2.05) is 0 Å². The van der Waals surface area contributed by atoms with Gasteiger partial charge in [0.25, 0.3) is 0 Å². The van der Waals surface area contributed by atoms with Gasteiger partial charge in [-0.2, -0.15) is 0 Å². The Morgan fingerprint density at radius 1 is 1.25 bits per heavy atom. The first kappa shape index (κ1) is 12.2. The summed E-state index contributed by atoms with van der Waals surface area (Å²) in [5.74, 6) is -0.597. The summed E-state index contributed by atoms with van der Waals surface area (Å²) in [5.41, 5.74) is 5.56. The van der Waals surface area contributed by atoms with Crippen LogP contribution in [-0.4, -0.2) is 17.4 Å². The van der Waals surface area contributed by atoms with Crippen LogP contribution in [0, 0.1) is 5.41 Å². The highest BCUT2D eigenvalue weighted by molar-refractivity contribution is 6.05. The molecule has 0 bridgehead atoms. The minimum Gasteiger partial charge on any atom is -0.456 e. The van der Waals surface area contributed by atoms with E-state index in [1.54, 1.807) is 45.0 Å². The maximum atomic E-state index is 11.8. The fourth-order valence-corrected chi connectivity index (χ4v) is 1.23. The summed E-state index contributed by atoms with van der Waals surface area (Å²) >= 11 is 0. The lowest BCUT2D eigenvalue weighted by atomic mass is 10.1. The van der Waals surface area contributed by atoms with Gasteiger partial charge in [0.2, 0.25) is 0 Å². The second-order valence-corrected chi connectivity index (χ2v) is 4.46. The van der Waals surface area contributed by atoms with Gasteiger partial charge < -0.3 is 10.5 Å². The SMILES string of the molecule is CC(C)(C)OC(=O)c1ccccc1C(=N)N. The van der Waals surface area contributed by atoms with Gasteiger partial charge in [0.05, 0.1) is 5.56 Å². The molecule has 16 heavy (non-hydrogen) atoms. The van der Waals surface area contributed by atoms with E-state index in [0.29, 0.717) is 11.1 Å². The van der Waals surface area contributed by atoms with E-state index in [2.05, 4.69) is 0 Å². The Morgan fingerprint density at radius 2 is 1.75 bits per heavy atom. The van der Waals surface area contributed by atoms with Crippen LogP contribution >= 0.6 is 0 Å². The number of hydrogen-bond donors (Lipinski definition) is 2. The number of nitrogen functional groups attached to an aromatic ring is 1. The van der Waals surface area contributed by atoms with E-state index in [0.717, 1.165) is 0 Å². The smallest absolute Gasteiger partial charge is 0.339 e. The van der Waals surface area contributed by atoms with Gasteiger partial charge in [0, 0.05) is 5.56 Å². The maximum absolute atomic E-state index is 11.8. The normalized spacial score (nSPS) is 10.9. The highest BCUT2D eigenvalue weighted by Gasteiger charge is 2.20. The third-order valence-corrected chi connectivity index (χ3v) is 1.84. The van der Waals surface area contributed by atoms with Crippen molar-refractivity contribution in [2.75, 3.05) is 0 Å². The third kappa shape index (κ3) is 3.08. The van der Waals surface area contributed by atoms with Crippen LogP contribution in [0.25, 0.3) is 0 Å². The molecule has 3 N–H and O–H groups in total. The highest BCUT2D eigenvalue weighted by atomic mass is 16.6. The standard InChI is InChI=1S/C12H16N2O2/c1-12(2,3)16-11(15)9-7-5-4-6-8(9)10(13)14/h4-7H,1-3H3,(H3,13,14). The quantitative estimate of drug-likeness (QED) is 0.454. The fourth-order valence-electron chi connectivity index (χ4n) is 1.23. The Balaban J connectivity index is 3.04. The molecule has 0 aliphatic carbocycles.